The van der Waals surface area contributed by atoms with Gasteiger partial charge in [-0.15, -0.1) is 0 Å². The van der Waals surface area contributed by atoms with E-state index in [4.69, 9.17) is 4.74 Å². The number of nitrogens with zero attached hydrogens (tertiary/aromatic N) is 4. The summed E-state index contributed by atoms with van der Waals surface area (Å²) in [4.78, 5) is 50.2. The first-order valence-corrected chi connectivity index (χ1v) is 16.7. The first-order valence-electron chi connectivity index (χ1n) is 14.3. The molecule has 0 bridgehead atoms. The van der Waals surface area contributed by atoms with E-state index in [1.54, 1.807) is 24.3 Å². The smallest absolute Gasteiger partial charge is 0.265 e. The number of aromatic nitrogens is 2. The normalized spacial score (nSPS) is 16.7. The number of ether oxygens (including phenoxy) is 1. The summed E-state index contributed by atoms with van der Waals surface area (Å²) in [6, 6.07) is 14.8. The zero-order valence-electron chi connectivity index (χ0n) is 23.3. The van der Waals surface area contributed by atoms with E-state index in [0.29, 0.717) is 51.2 Å². The van der Waals surface area contributed by atoms with Gasteiger partial charge in [-0.1, -0.05) is 46.1 Å². The van der Waals surface area contributed by atoms with Crippen LogP contribution in [-0.4, -0.2) is 27.7 Å². The summed E-state index contributed by atoms with van der Waals surface area (Å²) in [5.74, 6) is -1.83. The summed E-state index contributed by atoms with van der Waals surface area (Å²) < 4.78 is 21.9. The van der Waals surface area contributed by atoms with Gasteiger partial charge in [0.25, 0.3) is 5.91 Å². The minimum atomic E-state index is -0.746. The van der Waals surface area contributed by atoms with Gasteiger partial charge < -0.3 is 10.1 Å². The van der Waals surface area contributed by atoms with Crippen LogP contribution in [0.25, 0.3) is 10.3 Å². The predicted molar refractivity (Wildman–Crippen MR) is 170 cm³/mol. The van der Waals surface area contributed by atoms with Crippen LogP contribution < -0.4 is 15.0 Å². The molecule has 44 heavy (non-hydrogen) atoms. The summed E-state index contributed by atoms with van der Waals surface area (Å²) in [6.07, 6.45) is 4.44. The molecule has 3 aliphatic rings. The zero-order chi connectivity index (χ0) is 30.6. The number of nitrogens with one attached hydrogen (secondary N) is 1. The Hall–Kier alpha value is -3.96. The van der Waals surface area contributed by atoms with E-state index >= 15 is 4.39 Å². The van der Waals surface area contributed by atoms with Gasteiger partial charge in [0.15, 0.2) is 5.13 Å². The van der Waals surface area contributed by atoms with Gasteiger partial charge in [-0.05, 0) is 73.9 Å². The number of nitriles is 1. The number of thiazole rings is 1. The second kappa shape index (κ2) is 11.2. The molecule has 2 aromatic heterocycles. The molecule has 0 saturated heterocycles. The fraction of sp³-hybridized carbons (Fsp3) is 0.312. The molecule has 3 fully saturated rings. The molecule has 3 amide bonds. The number of hydrogen-bond acceptors (Lipinski definition) is 8. The monoisotopic (exact) mass is 721 g/mol. The molecule has 4 aromatic rings. The molecule has 2 heterocycles. The summed E-state index contributed by atoms with van der Waals surface area (Å²) in [5.41, 5.74) is 1.51. The number of hydrogen-bond donors (Lipinski definition) is 1. The molecule has 9 nitrogen and oxygen atoms in total. The van der Waals surface area contributed by atoms with E-state index in [2.05, 4.69) is 43.9 Å². The van der Waals surface area contributed by atoms with Gasteiger partial charge in [-0.3, -0.25) is 14.4 Å². The maximum Gasteiger partial charge on any atom is 0.265 e. The fourth-order valence-electron chi connectivity index (χ4n) is 5.22. The SMILES string of the molecule is N#CC1(c2cccc(C(=O)N(C(=O)C3CC3)c3cc(Oc4ccc5nc(NC(=O)C6CC6)sc5n4)ccc3F)c2CI)CC1. The highest BCUT2D eigenvalue weighted by atomic mass is 127. The van der Waals surface area contributed by atoms with Gasteiger partial charge >= 0.3 is 0 Å². The second-order valence-corrected chi connectivity index (χ2v) is 13.1. The summed E-state index contributed by atoms with van der Waals surface area (Å²) >= 11 is 3.38. The Labute approximate surface area is 269 Å². The molecule has 1 N–H and O–H groups in total. The lowest BCUT2D eigenvalue weighted by Gasteiger charge is -2.24. The van der Waals surface area contributed by atoms with Crippen molar-refractivity contribution in [3.05, 3.63) is 71.0 Å². The molecule has 0 radical (unpaired) electrons. The van der Waals surface area contributed by atoms with Crippen molar-refractivity contribution in [1.82, 2.24) is 9.97 Å². The topological polar surface area (TPSA) is 125 Å². The van der Waals surface area contributed by atoms with Gasteiger partial charge in [0, 0.05) is 34.0 Å². The van der Waals surface area contributed by atoms with Crippen molar-refractivity contribution in [2.45, 2.75) is 48.4 Å². The van der Waals surface area contributed by atoms with Crippen molar-refractivity contribution in [3.8, 4) is 17.7 Å². The predicted octanol–water partition coefficient (Wildman–Crippen LogP) is 7.04. The Morgan fingerprint density at radius 3 is 2.55 bits per heavy atom. The highest BCUT2D eigenvalue weighted by Crippen LogP contribution is 2.50. The van der Waals surface area contributed by atoms with Crippen LogP contribution in [0.4, 0.5) is 15.2 Å². The molecule has 3 aliphatic carbocycles. The van der Waals surface area contributed by atoms with Gasteiger partial charge in [0.05, 0.1) is 17.2 Å². The van der Waals surface area contributed by atoms with Crippen molar-refractivity contribution in [2.24, 2.45) is 11.8 Å². The van der Waals surface area contributed by atoms with Crippen molar-refractivity contribution < 1.29 is 23.5 Å². The number of imide groups is 1. The number of pyridine rings is 1. The van der Waals surface area contributed by atoms with Crippen LogP contribution in [0.5, 0.6) is 11.6 Å². The quantitative estimate of drug-likeness (QED) is 0.112. The summed E-state index contributed by atoms with van der Waals surface area (Å²) in [6.45, 7) is 0. The lowest BCUT2D eigenvalue weighted by Crippen LogP contribution is -2.39. The Bertz CT molecular complexity index is 1890. The molecule has 7 rings (SSSR count). The number of carbonyl (C=O) groups excluding carboxylic acids is 3. The standard InChI is InChI=1S/C32H25FIN5O4S/c33-23-9-8-19(43-26-11-10-24-28(37-26)44-31(36-24)38-27(40)17-4-5-17)14-25(23)39(29(41)18-6-7-18)30(42)20-2-1-3-22(21(20)15-34)32(16-35)12-13-32/h1-3,8-11,14,17-18H,4-7,12-13,15H2,(H,36,38,40). The number of anilines is 2. The number of alkyl halides is 1. The minimum Gasteiger partial charge on any atom is -0.439 e. The fourth-order valence-corrected chi connectivity index (χ4v) is 6.87. The molecule has 3 saturated carbocycles. The van der Waals surface area contributed by atoms with E-state index in [1.165, 1.54) is 23.5 Å². The third-order valence-electron chi connectivity index (χ3n) is 8.16. The first kappa shape index (κ1) is 28.8. The van der Waals surface area contributed by atoms with E-state index in [1.807, 2.05) is 6.07 Å². The van der Waals surface area contributed by atoms with Crippen molar-refractivity contribution in [1.29, 1.82) is 5.26 Å². The minimum absolute atomic E-state index is 0.0456. The van der Waals surface area contributed by atoms with Gasteiger partial charge in [-0.2, -0.15) is 5.26 Å². The maximum atomic E-state index is 15.5. The molecular weight excluding hydrogens is 696 g/mol. The Morgan fingerprint density at radius 1 is 1.09 bits per heavy atom. The van der Waals surface area contributed by atoms with Crippen molar-refractivity contribution >= 4 is 72.8 Å². The highest BCUT2D eigenvalue weighted by Gasteiger charge is 2.47. The first-order chi connectivity index (χ1) is 21.3. The lowest BCUT2D eigenvalue weighted by molar-refractivity contribution is -0.119. The third kappa shape index (κ3) is 5.43. The number of halogens is 2. The van der Waals surface area contributed by atoms with Crippen LogP contribution in [0, 0.1) is 29.0 Å². The Kier molecular flexibility index (Phi) is 7.32. The van der Waals surface area contributed by atoms with E-state index in [9.17, 15) is 19.6 Å². The average molecular weight is 722 g/mol. The molecular formula is C32H25FIN5O4S. The van der Waals surface area contributed by atoms with E-state index in [0.717, 1.165) is 29.4 Å². The summed E-state index contributed by atoms with van der Waals surface area (Å²) in [5, 5.41) is 13.1. The molecule has 0 spiro atoms. The van der Waals surface area contributed by atoms with Crippen LogP contribution in [0.1, 0.15) is 60.0 Å². The van der Waals surface area contributed by atoms with Crippen molar-refractivity contribution in [3.63, 3.8) is 0 Å². The van der Waals surface area contributed by atoms with Crippen LogP contribution in [0.15, 0.2) is 48.5 Å². The van der Waals surface area contributed by atoms with Crippen LogP contribution in [0.2, 0.25) is 0 Å². The van der Waals surface area contributed by atoms with Gasteiger partial charge in [0.1, 0.15) is 21.9 Å². The molecule has 222 valence electrons. The number of fused-ring (bicyclic) bond motifs is 1. The number of rotatable bonds is 9. The molecule has 2 aromatic carbocycles. The van der Waals surface area contributed by atoms with Gasteiger partial charge in [-0.25, -0.2) is 19.3 Å². The third-order valence-corrected chi connectivity index (χ3v) is 9.80. The molecule has 0 atom stereocenters. The van der Waals surface area contributed by atoms with Gasteiger partial charge in [0.2, 0.25) is 17.7 Å². The summed E-state index contributed by atoms with van der Waals surface area (Å²) in [7, 11) is 0. The average Bonchev–Trinajstić information content (AvgIpc) is 3.90. The van der Waals surface area contributed by atoms with E-state index < -0.39 is 23.0 Å². The molecule has 12 heteroatoms. The zero-order valence-corrected chi connectivity index (χ0v) is 26.3. The largest absolute Gasteiger partial charge is 0.439 e. The Balaban J connectivity index is 1.20. The molecule has 0 unspecified atom stereocenters. The van der Waals surface area contributed by atoms with Crippen LogP contribution in [-0.2, 0) is 19.4 Å². The lowest BCUT2D eigenvalue weighted by atomic mass is 9.90. The molecule has 0 aliphatic heterocycles. The van der Waals surface area contributed by atoms with Crippen molar-refractivity contribution in [2.75, 3.05) is 10.2 Å². The number of benzene rings is 2. The Morgan fingerprint density at radius 2 is 1.86 bits per heavy atom. The van der Waals surface area contributed by atoms with Crippen LogP contribution >= 0.6 is 33.9 Å². The van der Waals surface area contributed by atoms with Crippen LogP contribution in [0.3, 0.4) is 0 Å². The van der Waals surface area contributed by atoms with E-state index in [-0.39, 0.29) is 40.6 Å². The number of carbonyl (C=O) groups is 3. The highest BCUT2D eigenvalue weighted by molar-refractivity contribution is 14.1. The maximum absolute atomic E-state index is 15.5. The second-order valence-electron chi connectivity index (χ2n) is 11.4. The number of amides is 3.